The average Bonchev–Trinajstić information content (AvgIpc) is 2.27. The van der Waals surface area contributed by atoms with E-state index in [2.05, 4.69) is 13.8 Å². The van der Waals surface area contributed by atoms with Gasteiger partial charge in [0.05, 0.1) is 0 Å². The van der Waals surface area contributed by atoms with Crippen molar-refractivity contribution in [1.29, 1.82) is 0 Å². The summed E-state index contributed by atoms with van der Waals surface area (Å²) >= 11 is 7.31. The van der Waals surface area contributed by atoms with Gasteiger partial charge in [0.2, 0.25) is 5.91 Å². The molecule has 1 aromatic rings. The molecule has 0 aliphatic rings. The number of anilines is 1. The van der Waals surface area contributed by atoms with Crippen molar-refractivity contribution in [2.75, 3.05) is 17.8 Å². The molecule has 0 aliphatic heterocycles. The molecule has 0 aromatic heterocycles. The quantitative estimate of drug-likeness (QED) is 0.609. The van der Waals surface area contributed by atoms with Crippen LogP contribution in [-0.2, 0) is 4.79 Å². The van der Waals surface area contributed by atoms with Crippen molar-refractivity contribution < 1.29 is 4.79 Å². The molecule has 0 radical (unpaired) electrons. The average molecular weight is 258 g/mol. The first kappa shape index (κ1) is 13.4. The lowest BCUT2D eigenvalue weighted by Crippen LogP contribution is -2.27. The van der Waals surface area contributed by atoms with Gasteiger partial charge >= 0.3 is 0 Å². The van der Waals surface area contributed by atoms with E-state index in [9.17, 15) is 4.79 Å². The smallest absolute Gasteiger partial charge is 0.241 e. The van der Waals surface area contributed by atoms with Gasteiger partial charge in [-0.1, -0.05) is 13.8 Å². The van der Waals surface area contributed by atoms with E-state index >= 15 is 0 Å². The molecule has 2 nitrogen and oxygen atoms in total. The number of nitrogens with zero attached hydrogens (tertiary/aromatic N) is 1. The molecule has 0 N–H and O–H groups in total. The van der Waals surface area contributed by atoms with Gasteiger partial charge in [0, 0.05) is 22.9 Å². The van der Waals surface area contributed by atoms with Crippen molar-refractivity contribution in [3.8, 4) is 0 Å². The highest BCUT2D eigenvalue weighted by molar-refractivity contribution is 7.99. The van der Waals surface area contributed by atoms with Crippen molar-refractivity contribution >= 4 is 35.0 Å². The molecule has 0 bridgehead atoms. The number of halogens is 1. The largest absolute Gasteiger partial charge is 0.314 e. The van der Waals surface area contributed by atoms with E-state index in [0.717, 1.165) is 5.69 Å². The number of carbonyl (C=O) groups excluding carboxylic acids is 1. The third-order valence-electron chi connectivity index (χ3n) is 2.08. The predicted octanol–water partition coefficient (Wildman–Crippen LogP) is 3.39. The number of carbonyl (C=O) groups is 1. The molecular weight excluding hydrogens is 242 g/mol. The number of hydrogen-bond donors (Lipinski definition) is 0. The first-order valence-corrected chi connectivity index (χ1v) is 6.55. The monoisotopic (exact) mass is 257 g/mol. The van der Waals surface area contributed by atoms with Crippen LogP contribution in [0.15, 0.2) is 29.2 Å². The molecule has 16 heavy (non-hydrogen) atoms. The van der Waals surface area contributed by atoms with Gasteiger partial charge in [-0.05, 0) is 24.3 Å². The van der Waals surface area contributed by atoms with Crippen LogP contribution in [0.3, 0.4) is 0 Å². The number of thioether (sulfide) groups is 1. The Morgan fingerprint density at radius 2 is 1.94 bits per heavy atom. The van der Waals surface area contributed by atoms with Crippen LogP contribution in [0.5, 0.6) is 0 Å². The van der Waals surface area contributed by atoms with E-state index in [1.54, 1.807) is 23.7 Å². The molecule has 0 heterocycles. The number of alkyl halides is 1. The van der Waals surface area contributed by atoms with Crippen LogP contribution in [0, 0.1) is 0 Å². The Hall–Kier alpha value is -0.670. The second-order valence-electron chi connectivity index (χ2n) is 3.75. The number of amides is 1. The highest BCUT2D eigenvalue weighted by Crippen LogP contribution is 2.25. The highest BCUT2D eigenvalue weighted by atomic mass is 35.5. The topological polar surface area (TPSA) is 20.3 Å². The number of rotatable bonds is 4. The van der Waals surface area contributed by atoms with E-state index in [1.807, 2.05) is 24.3 Å². The molecule has 0 fully saturated rings. The molecule has 0 unspecified atom stereocenters. The van der Waals surface area contributed by atoms with Gasteiger partial charge in [-0.3, -0.25) is 4.79 Å². The van der Waals surface area contributed by atoms with Gasteiger partial charge in [0.1, 0.15) is 5.88 Å². The summed E-state index contributed by atoms with van der Waals surface area (Å²) in [7, 11) is 1.73. The zero-order valence-electron chi connectivity index (χ0n) is 9.74. The normalized spacial score (nSPS) is 10.6. The van der Waals surface area contributed by atoms with Crippen molar-refractivity contribution in [3.05, 3.63) is 24.3 Å². The summed E-state index contributed by atoms with van der Waals surface area (Å²) in [5, 5.41) is 0.563. The van der Waals surface area contributed by atoms with Gasteiger partial charge in [0.25, 0.3) is 0 Å². The van der Waals surface area contributed by atoms with Crippen LogP contribution >= 0.6 is 23.4 Å². The Kier molecular flexibility index (Phi) is 5.16. The first-order chi connectivity index (χ1) is 7.54. The molecule has 88 valence electrons. The Morgan fingerprint density at radius 3 is 2.38 bits per heavy atom. The third kappa shape index (κ3) is 3.72. The van der Waals surface area contributed by atoms with Crippen molar-refractivity contribution in [2.24, 2.45) is 0 Å². The molecule has 0 spiro atoms. The minimum Gasteiger partial charge on any atom is -0.314 e. The molecule has 0 saturated heterocycles. The first-order valence-electron chi connectivity index (χ1n) is 5.14. The van der Waals surface area contributed by atoms with Gasteiger partial charge in [-0.2, -0.15) is 0 Å². The zero-order valence-corrected chi connectivity index (χ0v) is 11.3. The highest BCUT2D eigenvalue weighted by Gasteiger charge is 2.09. The Labute approximate surface area is 106 Å². The van der Waals surface area contributed by atoms with E-state index in [-0.39, 0.29) is 11.8 Å². The standard InChI is InChI=1S/C12H16ClNOS/c1-9(2)16-11-6-4-10(5-7-11)14(3)12(15)8-13/h4-7,9H,8H2,1-3H3. The Morgan fingerprint density at radius 1 is 1.38 bits per heavy atom. The molecular formula is C12H16ClNOS. The summed E-state index contributed by atoms with van der Waals surface area (Å²) in [6, 6.07) is 7.93. The van der Waals surface area contributed by atoms with Crippen molar-refractivity contribution in [2.45, 2.75) is 24.0 Å². The Balaban J connectivity index is 2.74. The third-order valence-corrected chi connectivity index (χ3v) is 3.33. The molecule has 4 heteroatoms. The van der Waals surface area contributed by atoms with Crippen molar-refractivity contribution in [3.63, 3.8) is 0 Å². The minimum atomic E-state index is -0.0917. The maximum absolute atomic E-state index is 11.4. The number of benzene rings is 1. The molecule has 1 aromatic carbocycles. The summed E-state index contributed by atoms with van der Waals surface area (Å²) < 4.78 is 0. The summed E-state index contributed by atoms with van der Waals surface area (Å²) in [5.41, 5.74) is 0.874. The van der Waals surface area contributed by atoms with Gasteiger partial charge in [-0.25, -0.2) is 0 Å². The SMILES string of the molecule is CC(C)Sc1ccc(N(C)C(=O)CCl)cc1. The van der Waals surface area contributed by atoms with Gasteiger partial charge in [0.15, 0.2) is 0 Å². The summed E-state index contributed by atoms with van der Waals surface area (Å²) in [5.74, 6) is -0.0788. The van der Waals surface area contributed by atoms with E-state index in [1.165, 1.54) is 4.90 Å². The fourth-order valence-corrected chi connectivity index (χ4v) is 2.27. The van der Waals surface area contributed by atoms with Gasteiger partial charge < -0.3 is 4.90 Å². The number of hydrogen-bond acceptors (Lipinski definition) is 2. The molecule has 0 aliphatic carbocycles. The van der Waals surface area contributed by atoms with E-state index in [4.69, 9.17) is 11.6 Å². The lowest BCUT2D eigenvalue weighted by molar-refractivity contribution is -0.116. The molecule has 1 amide bonds. The molecule has 0 saturated carbocycles. The lowest BCUT2D eigenvalue weighted by Gasteiger charge is -2.16. The van der Waals surface area contributed by atoms with Crippen LogP contribution in [0.2, 0.25) is 0 Å². The summed E-state index contributed by atoms with van der Waals surface area (Å²) in [6.45, 7) is 4.31. The zero-order chi connectivity index (χ0) is 12.1. The fourth-order valence-electron chi connectivity index (χ4n) is 1.25. The molecule has 1 rings (SSSR count). The maximum atomic E-state index is 11.4. The van der Waals surface area contributed by atoms with Crippen LogP contribution in [0.1, 0.15) is 13.8 Å². The van der Waals surface area contributed by atoms with Crippen LogP contribution in [0.25, 0.3) is 0 Å². The van der Waals surface area contributed by atoms with E-state index in [0.29, 0.717) is 5.25 Å². The molecule has 0 atom stereocenters. The Bertz CT molecular complexity index is 351. The summed E-state index contributed by atoms with van der Waals surface area (Å²) in [4.78, 5) is 14.1. The maximum Gasteiger partial charge on any atom is 0.241 e. The second kappa shape index (κ2) is 6.16. The van der Waals surface area contributed by atoms with E-state index < -0.39 is 0 Å². The predicted molar refractivity (Wildman–Crippen MR) is 71.6 cm³/mol. The second-order valence-corrected chi connectivity index (χ2v) is 5.66. The fraction of sp³-hybridized carbons (Fsp3) is 0.417. The summed E-state index contributed by atoms with van der Waals surface area (Å²) in [6.07, 6.45) is 0. The van der Waals surface area contributed by atoms with Crippen LogP contribution in [0.4, 0.5) is 5.69 Å². The van der Waals surface area contributed by atoms with Crippen LogP contribution < -0.4 is 4.90 Å². The lowest BCUT2D eigenvalue weighted by atomic mass is 10.3. The van der Waals surface area contributed by atoms with Gasteiger partial charge in [-0.15, -0.1) is 23.4 Å². The van der Waals surface area contributed by atoms with Crippen molar-refractivity contribution in [1.82, 2.24) is 0 Å². The minimum absolute atomic E-state index is 0.0129. The van der Waals surface area contributed by atoms with Crippen LogP contribution in [-0.4, -0.2) is 24.1 Å².